The largest absolute Gasteiger partial charge is 0.355 e. The molecule has 1 aromatic heterocycles. The van der Waals surface area contributed by atoms with Crippen molar-refractivity contribution < 1.29 is 4.79 Å². The molecule has 0 unspecified atom stereocenters. The third kappa shape index (κ3) is 4.42. The Hall–Kier alpha value is -2.11. The molecular formula is C22H22N2OS2. The monoisotopic (exact) mass is 394 g/mol. The summed E-state index contributed by atoms with van der Waals surface area (Å²) in [6.45, 7) is 0.686. The van der Waals surface area contributed by atoms with Crippen LogP contribution in [0.4, 0.5) is 0 Å². The standard InChI is InChI=1S/C22H22N2OS2/c25-21(23-14-15-26-16-8-2-1-3-9-16)17-10-4-5-11-18(17)22-24-19-12-6-7-13-20(19)27-22/h1-9,12-13,17-18H,10-11,14-15H2,(H,23,25)/t17-,18+/m0/s1. The number of amides is 1. The second kappa shape index (κ2) is 8.72. The van der Waals surface area contributed by atoms with Crippen LogP contribution in [-0.4, -0.2) is 23.2 Å². The number of para-hydroxylation sites is 1. The zero-order valence-electron chi connectivity index (χ0n) is 15.0. The van der Waals surface area contributed by atoms with Crippen molar-refractivity contribution in [3.05, 3.63) is 71.8 Å². The molecule has 0 bridgehead atoms. The molecule has 0 fully saturated rings. The van der Waals surface area contributed by atoms with Gasteiger partial charge in [0.15, 0.2) is 0 Å². The van der Waals surface area contributed by atoms with Gasteiger partial charge >= 0.3 is 0 Å². The molecule has 1 aliphatic rings. The minimum Gasteiger partial charge on any atom is -0.355 e. The van der Waals surface area contributed by atoms with Gasteiger partial charge in [0.25, 0.3) is 0 Å². The molecule has 1 amide bonds. The maximum Gasteiger partial charge on any atom is 0.224 e. The van der Waals surface area contributed by atoms with Crippen molar-refractivity contribution >= 4 is 39.2 Å². The number of carbonyl (C=O) groups excluding carboxylic acids is 1. The lowest BCUT2D eigenvalue weighted by Crippen LogP contribution is -2.36. The summed E-state index contributed by atoms with van der Waals surface area (Å²) in [6, 6.07) is 18.5. The fourth-order valence-corrected chi connectivity index (χ4v) is 5.35. The Kier molecular flexibility index (Phi) is 5.90. The first-order chi connectivity index (χ1) is 13.3. The van der Waals surface area contributed by atoms with Gasteiger partial charge in [-0.15, -0.1) is 23.1 Å². The van der Waals surface area contributed by atoms with Gasteiger partial charge in [0.2, 0.25) is 5.91 Å². The van der Waals surface area contributed by atoms with Crippen LogP contribution in [0.25, 0.3) is 10.2 Å². The van der Waals surface area contributed by atoms with Crippen LogP contribution in [0.15, 0.2) is 71.6 Å². The number of fused-ring (bicyclic) bond motifs is 1. The number of carbonyl (C=O) groups is 1. The smallest absolute Gasteiger partial charge is 0.224 e. The lowest BCUT2D eigenvalue weighted by Gasteiger charge is -2.26. The summed E-state index contributed by atoms with van der Waals surface area (Å²) < 4.78 is 1.19. The summed E-state index contributed by atoms with van der Waals surface area (Å²) in [6.07, 6.45) is 5.99. The van der Waals surface area contributed by atoms with Gasteiger partial charge in [-0.2, -0.15) is 0 Å². The van der Waals surface area contributed by atoms with Crippen LogP contribution < -0.4 is 5.32 Å². The number of benzene rings is 2. The molecule has 0 spiro atoms. The van der Waals surface area contributed by atoms with Crippen molar-refractivity contribution in [1.29, 1.82) is 0 Å². The Labute approximate surface area is 167 Å². The highest BCUT2D eigenvalue weighted by atomic mass is 32.2. The van der Waals surface area contributed by atoms with Gasteiger partial charge < -0.3 is 5.32 Å². The van der Waals surface area contributed by atoms with E-state index in [-0.39, 0.29) is 17.7 Å². The van der Waals surface area contributed by atoms with E-state index in [0.717, 1.165) is 29.1 Å². The minimum atomic E-state index is -0.0303. The van der Waals surface area contributed by atoms with Gasteiger partial charge in [-0.05, 0) is 37.1 Å². The molecule has 1 aliphatic carbocycles. The molecule has 2 atom stereocenters. The maximum absolute atomic E-state index is 12.8. The Balaban J connectivity index is 1.38. The fraction of sp³-hybridized carbons (Fsp3) is 0.273. The van der Waals surface area contributed by atoms with Crippen molar-refractivity contribution in [2.24, 2.45) is 5.92 Å². The van der Waals surface area contributed by atoms with Crippen molar-refractivity contribution in [3.63, 3.8) is 0 Å². The Bertz CT molecular complexity index is 903. The first-order valence-corrected chi connectivity index (χ1v) is 11.1. The van der Waals surface area contributed by atoms with Crippen molar-refractivity contribution in [2.75, 3.05) is 12.3 Å². The number of hydrogen-bond donors (Lipinski definition) is 1. The lowest BCUT2D eigenvalue weighted by molar-refractivity contribution is -0.125. The Morgan fingerprint density at radius 1 is 1.07 bits per heavy atom. The molecule has 0 saturated carbocycles. The molecule has 1 N–H and O–H groups in total. The highest BCUT2D eigenvalue weighted by molar-refractivity contribution is 7.99. The Morgan fingerprint density at radius 2 is 1.85 bits per heavy atom. The van der Waals surface area contributed by atoms with Crippen LogP contribution in [-0.2, 0) is 4.79 Å². The van der Waals surface area contributed by atoms with E-state index in [0.29, 0.717) is 6.54 Å². The van der Waals surface area contributed by atoms with Gasteiger partial charge in [0, 0.05) is 23.1 Å². The number of thiazole rings is 1. The summed E-state index contributed by atoms with van der Waals surface area (Å²) in [7, 11) is 0. The van der Waals surface area contributed by atoms with E-state index in [2.05, 4.69) is 35.7 Å². The third-order valence-electron chi connectivity index (χ3n) is 4.81. The van der Waals surface area contributed by atoms with Crippen LogP contribution in [0, 0.1) is 5.92 Å². The number of hydrogen-bond acceptors (Lipinski definition) is 4. The molecule has 0 radical (unpaired) electrons. The molecular weight excluding hydrogens is 372 g/mol. The average molecular weight is 395 g/mol. The number of allylic oxidation sites excluding steroid dienone is 2. The minimum absolute atomic E-state index is 0.0303. The van der Waals surface area contributed by atoms with Crippen molar-refractivity contribution in [3.8, 4) is 0 Å². The third-order valence-corrected chi connectivity index (χ3v) is 6.99. The van der Waals surface area contributed by atoms with Gasteiger partial charge in [-0.1, -0.05) is 42.5 Å². The second-order valence-electron chi connectivity index (χ2n) is 6.63. The first-order valence-electron chi connectivity index (χ1n) is 9.27. The molecule has 4 rings (SSSR count). The molecule has 0 saturated heterocycles. The SMILES string of the molecule is O=C(NCCSc1ccccc1)[C@H]1CC=CC[C@H]1c1nc2ccccc2s1. The van der Waals surface area contributed by atoms with Gasteiger partial charge in [-0.25, -0.2) is 4.98 Å². The van der Waals surface area contributed by atoms with E-state index >= 15 is 0 Å². The maximum atomic E-state index is 12.8. The number of aromatic nitrogens is 1. The topological polar surface area (TPSA) is 42.0 Å². The second-order valence-corrected chi connectivity index (χ2v) is 8.86. The highest BCUT2D eigenvalue weighted by Gasteiger charge is 2.32. The molecule has 1 heterocycles. The quantitative estimate of drug-likeness (QED) is 0.352. The van der Waals surface area contributed by atoms with Crippen molar-refractivity contribution in [2.45, 2.75) is 23.7 Å². The van der Waals surface area contributed by atoms with Crippen LogP contribution in [0.3, 0.4) is 0 Å². The fourth-order valence-electron chi connectivity index (χ4n) is 3.42. The lowest BCUT2D eigenvalue weighted by atomic mass is 9.82. The molecule has 3 aromatic rings. The zero-order chi connectivity index (χ0) is 18.5. The van der Waals surface area contributed by atoms with E-state index in [9.17, 15) is 4.79 Å². The molecule has 0 aliphatic heterocycles. The number of rotatable bonds is 6. The van der Waals surface area contributed by atoms with Gasteiger partial charge in [0.1, 0.15) is 0 Å². The summed E-state index contributed by atoms with van der Waals surface area (Å²) in [4.78, 5) is 18.9. The number of thioether (sulfide) groups is 1. The van der Waals surface area contributed by atoms with E-state index in [4.69, 9.17) is 4.98 Å². The summed E-state index contributed by atoms with van der Waals surface area (Å²) in [5, 5.41) is 4.22. The molecule has 2 aromatic carbocycles. The van der Waals surface area contributed by atoms with Gasteiger partial charge in [0.05, 0.1) is 21.1 Å². The summed E-state index contributed by atoms with van der Waals surface area (Å²) >= 11 is 3.49. The van der Waals surface area contributed by atoms with E-state index in [1.54, 1.807) is 23.1 Å². The van der Waals surface area contributed by atoms with Crippen LogP contribution in [0.1, 0.15) is 23.8 Å². The zero-order valence-corrected chi connectivity index (χ0v) is 16.6. The normalized spacial score (nSPS) is 19.3. The first kappa shape index (κ1) is 18.3. The van der Waals surface area contributed by atoms with E-state index in [1.807, 2.05) is 36.4 Å². The molecule has 3 nitrogen and oxygen atoms in total. The molecule has 5 heteroatoms. The van der Waals surface area contributed by atoms with Gasteiger partial charge in [-0.3, -0.25) is 4.79 Å². The highest BCUT2D eigenvalue weighted by Crippen LogP contribution is 2.38. The van der Waals surface area contributed by atoms with E-state index in [1.165, 1.54) is 9.60 Å². The molecule has 27 heavy (non-hydrogen) atoms. The summed E-state index contributed by atoms with van der Waals surface area (Å²) in [5.41, 5.74) is 1.03. The van der Waals surface area contributed by atoms with Crippen LogP contribution in [0.2, 0.25) is 0 Å². The van der Waals surface area contributed by atoms with Crippen molar-refractivity contribution in [1.82, 2.24) is 10.3 Å². The van der Waals surface area contributed by atoms with Crippen LogP contribution >= 0.6 is 23.1 Å². The predicted octanol–water partition coefficient (Wildman–Crippen LogP) is 5.25. The summed E-state index contributed by atoms with van der Waals surface area (Å²) in [5.74, 6) is 1.17. The van der Waals surface area contributed by atoms with Crippen LogP contribution in [0.5, 0.6) is 0 Å². The average Bonchev–Trinajstić information content (AvgIpc) is 3.16. The number of nitrogens with one attached hydrogen (secondary N) is 1. The molecule has 138 valence electrons. The predicted molar refractivity (Wildman–Crippen MR) is 114 cm³/mol. The number of nitrogens with zero attached hydrogens (tertiary/aromatic N) is 1. The Morgan fingerprint density at radius 3 is 2.70 bits per heavy atom. The van der Waals surface area contributed by atoms with E-state index < -0.39 is 0 Å².